The van der Waals surface area contributed by atoms with Crippen molar-refractivity contribution in [2.45, 2.75) is 44.6 Å². The summed E-state index contributed by atoms with van der Waals surface area (Å²) in [6, 6.07) is 8.09. The number of benzene rings is 1. The molecule has 0 saturated carbocycles. The average molecular weight is 374 g/mol. The summed E-state index contributed by atoms with van der Waals surface area (Å²) < 4.78 is 19.4. The lowest BCUT2D eigenvalue weighted by atomic mass is 10.1. The smallest absolute Gasteiger partial charge is 0.182 e. The van der Waals surface area contributed by atoms with Crippen molar-refractivity contribution in [3.05, 3.63) is 24.3 Å². The zero-order chi connectivity index (χ0) is 18.8. The van der Waals surface area contributed by atoms with E-state index in [2.05, 4.69) is 34.7 Å². The van der Waals surface area contributed by atoms with Gasteiger partial charge in [0.05, 0.1) is 20.3 Å². The van der Waals surface area contributed by atoms with Crippen molar-refractivity contribution in [3.8, 4) is 17.1 Å². The van der Waals surface area contributed by atoms with E-state index in [1.807, 2.05) is 28.9 Å². The number of fused-ring (bicyclic) bond motifs is 1. The van der Waals surface area contributed by atoms with E-state index in [9.17, 15) is 0 Å². The Morgan fingerprint density at radius 3 is 2.93 bits per heavy atom. The predicted octanol–water partition coefficient (Wildman–Crippen LogP) is 0.666. The van der Waals surface area contributed by atoms with Crippen LogP contribution >= 0.6 is 0 Å². The lowest BCUT2D eigenvalue weighted by Crippen LogP contribution is -2.93. The second kappa shape index (κ2) is 7.92. The van der Waals surface area contributed by atoms with E-state index in [4.69, 9.17) is 14.2 Å². The van der Waals surface area contributed by atoms with Gasteiger partial charge in [-0.1, -0.05) is 26.0 Å². The summed E-state index contributed by atoms with van der Waals surface area (Å²) in [4.78, 5) is 0. The zero-order valence-electron chi connectivity index (χ0n) is 16.1. The summed E-state index contributed by atoms with van der Waals surface area (Å²) in [6.45, 7) is 6.87. The summed E-state index contributed by atoms with van der Waals surface area (Å²) in [7, 11) is 1.65. The molecule has 0 amide bonds. The largest absolute Gasteiger partial charge is 0.497 e. The molecule has 27 heavy (non-hydrogen) atoms. The van der Waals surface area contributed by atoms with Gasteiger partial charge in [0.1, 0.15) is 36.6 Å². The summed E-state index contributed by atoms with van der Waals surface area (Å²) in [6.07, 6.45) is 1.27. The average Bonchev–Trinajstić information content (AvgIpc) is 3.38. The number of aromatic nitrogens is 4. The Hall–Kier alpha value is -2.03. The number of nitrogens with zero attached hydrogens (tertiary/aromatic N) is 4. The van der Waals surface area contributed by atoms with E-state index < -0.39 is 0 Å². The quantitative estimate of drug-likeness (QED) is 0.766. The SMILES string of the molecule is COc1cccc(-c2nnnn2[C@H]2CO[C@H]3[C@@H]2OC[C@@H]3[NH2+]CCC(C)C)c1. The molecule has 0 unspecified atom stereocenters. The van der Waals surface area contributed by atoms with Gasteiger partial charge in [-0.2, -0.15) is 0 Å². The Balaban J connectivity index is 1.49. The third-order valence-electron chi connectivity index (χ3n) is 5.41. The fourth-order valence-electron chi connectivity index (χ4n) is 3.93. The monoisotopic (exact) mass is 374 g/mol. The van der Waals surface area contributed by atoms with Gasteiger partial charge in [-0.3, -0.25) is 0 Å². The predicted molar refractivity (Wildman–Crippen MR) is 98.4 cm³/mol. The molecule has 2 N–H and O–H groups in total. The molecule has 4 rings (SSSR count). The molecule has 0 bridgehead atoms. The van der Waals surface area contributed by atoms with Gasteiger partial charge in [0.25, 0.3) is 0 Å². The van der Waals surface area contributed by atoms with E-state index in [1.165, 1.54) is 6.42 Å². The number of rotatable bonds is 7. The van der Waals surface area contributed by atoms with Crippen LogP contribution < -0.4 is 10.1 Å². The third kappa shape index (κ3) is 3.69. The fourth-order valence-corrected chi connectivity index (χ4v) is 3.93. The number of tetrazole rings is 1. The lowest BCUT2D eigenvalue weighted by Gasteiger charge is -2.17. The second-order valence-corrected chi connectivity index (χ2v) is 7.71. The Bertz CT molecular complexity index is 765. The van der Waals surface area contributed by atoms with Gasteiger partial charge in [0.15, 0.2) is 5.82 Å². The molecule has 1 aromatic carbocycles. The van der Waals surface area contributed by atoms with Gasteiger partial charge in [-0.05, 0) is 34.9 Å². The van der Waals surface area contributed by atoms with Crippen LogP contribution in [0.4, 0.5) is 0 Å². The minimum Gasteiger partial charge on any atom is -0.497 e. The molecule has 3 heterocycles. The highest BCUT2D eigenvalue weighted by molar-refractivity contribution is 5.57. The molecular formula is C19H28N5O3+. The number of nitrogens with two attached hydrogens (primary N) is 1. The summed E-state index contributed by atoms with van der Waals surface area (Å²) in [5, 5.41) is 14.8. The molecular weight excluding hydrogens is 346 g/mol. The van der Waals surface area contributed by atoms with Gasteiger partial charge in [0, 0.05) is 5.56 Å². The molecule has 1 aromatic heterocycles. The van der Waals surface area contributed by atoms with Crippen LogP contribution in [0.25, 0.3) is 11.4 Å². The molecule has 4 atom stereocenters. The van der Waals surface area contributed by atoms with Gasteiger partial charge in [-0.15, -0.1) is 5.10 Å². The van der Waals surface area contributed by atoms with Crippen LogP contribution in [0.2, 0.25) is 0 Å². The van der Waals surface area contributed by atoms with E-state index >= 15 is 0 Å². The van der Waals surface area contributed by atoms with Crippen LogP contribution in [-0.4, -0.2) is 65.3 Å². The molecule has 0 radical (unpaired) electrons. The molecule has 2 aliphatic heterocycles. The number of hydrogen-bond donors (Lipinski definition) is 1. The second-order valence-electron chi connectivity index (χ2n) is 7.71. The Kier molecular flexibility index (Phi) is 5.38. The van der Waals surface area contributed by atoms with Gasteiger partial charge in [-0.25, -0.2) is 4.68 Å². The number of ether oxygens (including phenoxy) is 3. The van der Waals surface area contributed by atoms with E-state index in [0.29, 0.717) is 31.0 Å². The number of quaternary nitrogens is 1. The highest BCUT2D eigenvalue weighted by Gasteiger charge is 2.51. The zero-order valence-corrected chi connectivity index (χ0v) is 16.1. The molecule has 8 nitrogen and oxygen atoms in total. The molecule has 0 aliphatic carbocycles. The molecule has 2 aromatic rings. The van der Waals surface area contributed by atoms with E-state index in [0.717, 1.165) is 17.9 Å². The maximum Gasteiger partial charge on any atom is 0.182 e. The highest BCUT2D eigenvalue weighted by Crippen LogP contribution is 2.35. The molecule has 8 heteroatoms. The van der Waals surface area contributed by atoms with Gasteiger partial charge >= 0.3 is 0 Å². The molecule has 2 fully saturated rings. The van der Waals surface area contributed by atoms with Crippen molar-refractivity contribution in [2.24, 2.45) is 5.92 Å². The van der Waals surface area contributed by atoms with Gasteiger partial charge in [0.2, 0.25) is 0 Å². The first kappa shape index (κ1) is 18.3. The summed E-state index contributed by atoms with van der Waals surface area (Å²) in [5.41, 5.74) is 0.917. The molecule has 2 saturated heterocycles. The Morgan fingerprint density at radius 2 is 2.11 bits per heavy atom. The van der Waals surface area contributed by atoms with Crippen molar-refractivity contribution in [1.82, 2.24) is 20.2 Å². The minimum atomic E-state index is -0.0188. The first-order chi connectivity index (χ1) is 13.2. The number of hydrogen-bond acceptors (Lipinski definition) is 6. The lowest BCUT2D eigenvalue weighted by molar-refractivity contribution is -0.693. The van der Waals surface area contributed by atoms with E-state index in [1.54, 1.807) is 7.11 Å². The van der Waals surface area contributed by atoms with Crippen LogP contribution in [0.15, 0.2) is 24.3 Å². The highest BCUT2D eigenvalue weighted by atomic mass is 16.6. The topological polar surface area (TPSA) is 87.9 Å². The first-order valence-corrected chi connectivity index (χ1v) is 9.66. The van der Waals surface area contributed by atoms with Crippen molar-refractivity contribution < 1.29 is 19.5 Å². The molecule has 146 valence electrons. The van der Waals surface area contributed by atoms with Crippen molar-refractivity contribution in [2.75, 3.05) is 26.9 Å². The third-order valence-corrected chi connectivity index (χ3v) is 5.41. The van der Waals surface area contributed by atoms with Crippen LogP contribution in [-0.2, 0) is 9.47 Å². The fraction of sp³-hybridized carbons (Fsp3) is 0.632. The maximum absolute atomic E-state index is 6.12. The first-order valence-electron chi connectivity index (χ1n) is 9.66. The Labute approximate surface area is 159 Å². The van der Waals surface area contributed by atoms with Crippen LogP contribution in [0, 0.1) is 5.92 Å². The van der Waals surface area contributed by atoms with Crippen LogP contribution in [0.5, 0.6) is 5.75 Å². The Morgan fingerprint density at radius 1 is 1.26 bits per heavy atom. The van der Waals surface area contributed by atoms with Crippen LogP contribution in [0.3, 0.4) is 0 Å². The molecule has 0 spiro atoms. The van der Waals surface area contributed by atoms with Gasteiger partial charge < -0.3 is 19.5 Å². The number of methoxy groups -OCH3 is 1. The minimum absolute atomic E-state index is 0.0156. The van der Waals surface area contributed by atoms with Crippen molar-refractivity contribution in [1.29, 1.82) is 0 Å². The summed E-state index contributed by atoms with van der Waals surface area (Å²) >= 11 is 0. The maximum atomic E-state index is 6.12. The summed E-state index contributed by atoms with van der Waals surface area (Å²) in [5.74, 6) is 2.20. The van der Waals surface area contributed by atoms with Crippen LogP contribution in [0.1, 0.15) is 26.3 Å². The van der Waals surface area contributed by atoms with Crippen molar-refractivity contribution in [3.63, 3.8) is 0 Å². The standard InChI is InChI=1S/C19H27N5O3/c1-12(2)7-8-20-15-10-26-18-16(11-27-17(15)18)24-19(21-22-23-24)13-5-4-6-14(9-13)25-3/h4-6,9,12,15-18,20H,7-8,10-11H2,1-3H3/p+1/t15-,16-,17+,18+/m0/s1. The van der Waals surface area contributed by atoms with E-state index in [-0.39, 0.29) is 18.2 Å². The molecule has 2 aliphatic rings. The normalized spacial score (nSPS) is 27.3. The van der Waals surface area contributed by atoms with Crippen molar-refractivity contribution >= 4 is 0 Å².